The van der Waals surface area contributed by atoms with Crippen LogP contribution < -0.4 is 0 Å². The van der Waals surface area contributed by atoms with Gasteiger partial charge in [-0.15, -0.1) is 0 Å². The van der Waals surface area contributed by atoms with Gasteiger partial charge in [0.25, 0.3) is 0 Å². The van der Waals surface area contributed by atoms with Crippen LogP contribution in [0, 0.1) is 17.8 Å². The largest absolute Gasteiger partial charge is 0.469 e. The number of rotatable bonds is 11. The minimum absolute atomic E-state index is 0.0486. The fraction of sp³-hybridized carbons (Fsp3) is 0.441. The molecule has 3 aromatic rings. The molecule has 40 heavy (non-hydrogen) atoms. The summed E-state index contributed by atoms with van der Waals surface area (Å²) in [7, 11) is 0. The van der Waals surface area contributed by atoms with Crippen LogP contribution in [0.25, 0.3) is 0 Å². The Kier molecular flexibility index (Phi) is 10.3. The molecule has 0 spiro atoms. The minimum Gasteiger partial charge on any atom is -0.469 e. The van der Waals surface area contributed by atoms with Crippen molar-refractivity contribution in [1.82, 2.24) is 0 Å². The van der Waals surface area contributed by atoms with Crippen molar-refractivity contribution < 1.29 is 23.5 Å². The van der Waals surface area contributed by atoms with Crippen LogP contribution in [0.3, 0.4) is 0 Å². The van der Waals surface area contributed by atoms with Crippen LogP contribution in [0.2, 0.25) is 0 Å². The molecule has 0 amide bonds. The van der Waals surface area contributed by atoms with Crippen molar-refractivity contribution in [2.75, 3.05) is 6.61 Å². The fourth-order valence-corrected chi connectivity index (χ4v) is 5.70. The SMILES string of the molecule is CCOC(=O)[C@H](N=C(c1ccccc1)c1ccccc1)[C@@H](CC(=O)O[C@@H]1C[C@H](C)CC[C@H]1C(C)C)c1ccco1. The molecule has 6 heteroatoms. The number of furan rings is 1. The molecule has 0 aliphatic heterocycles. The van der Waals surface area contributed by atoms with Gasteiger partial charge in [0.05, 0.1) is 30.9 Å². The van der Waals surface area contributed by atoms with Gasteiger partial charge in [0, 0.05) is 11.1 Å². The minimum atomic E-state index is -1.01. The lowest BCUT2D eigenvalue weighted by Crippen LogP contribution is -2.37. The molecule has 0 saturated heterocycles. The molecule has 0 radical (unpaired) electrons. The first-order valence-electron chi connectivity index (χ1n) is 14.5. The molecule has 1 fully saturated rings. The Morgan fingerprint density at radius 2 is 1.60 bits per heavy atom. The highest BCUT2D eigenvalue weighted by molar-refractivity contribution is 6.13. The molecule has 6 nitrogen and oxygen atoms in total. The number of nitrogens with zero attached hydrogens (tertiary/aromatic N) is 1. The molecule has 0 N–H and O–H groups in total. The number of carbonyl (C=O) groups excluding carboxylic acids is 2. The van der Waals surface area contributed by atoms with E-state index in [0.717, 1.165) is 30.4 Å². The van der Waals surface area contributed by atoms with Crippen LogP contribution in [0.4, 0.5) is 0 Å². The number of esters is 2. The average molecular weight is 544 g/mol. The number of hydrogen-bond donors (Lipinski definition) is 0. The molecule has 4 rings (SSSR count). The Balaban J connectivity index is 1.71. The van der Waals surface area contributed by atoms with Gasteiger partial charge in [-0.05, 0) is 49.7 Å². The van der Waals surface area contributed by atoms with E-state index < -0.39 is 17.9 Å². The topological polar surface area (TPSA) is 78.1 Å². The first kappa shape index (κ1) is 29.3. The molecule has 0 unspecified atom stereocenters. The standard InChI is InChI=1S/C34H41NO5/c1-5-38-34(37)33(35-32(25-13-8-6-9-14-25)26-15-10-7-11-16-26)28(29-17-12-20-39-29)22-31(36)40-30-21-24(4)18-19-27(30)23(2)3/h6-17,20,23-24,27-28,30,33H,5,18-19,21-22H2,1-4H3/t24-,27+,28+,30-,33-/m1/s1. The fourth-order valence-electron chi connectivity index (χ4n) is 5.70. The van der Waals surface area contributed by atoms with E-state index in [4.69, 9.17) is 18.9 Å². The summed E-state index contributed by atoms with van der Waals surface area (Å²) in [5.41, 5.74) is 2.37. The summed E-state index contributed by atoms with van der Waals surface area (Å²) in [4.78, 5) is 32.1. The Morgan fingerprint density at radius 3 is 2.15 bits per heavy atom. The molecule has 1 aromatic heterocycles. The van der Waals surface area contributed by atoms with Gasteiger partial charge in [-0.2, -0.15) is 0 Å². The quantitative estimate of drug-likeness (QED) is 0.188. The Bertz CT molecular complexity index is 1190. The molecule has 1 aliphatic carbocycles. The maximum Gasteiger partial charge on any atom is 0.331 e. The third-order valence-corrected chi connectivity index (χ3v) is 7.81. The van der Waals surface area contributed by atoms with Crippen molar-refractivity contribution in [3.05, 3.63) is 95.9 Å². The molecule has 1 saturated carbocycles. The summed E-state index contributed by atoms with van der Waals surface area (Å²) in [5.74, 6) is 0.194. The predicted molar refractivity (Wildman–Crippen MR) is 156 cm³/mol. The molecule has 2 aromatic carbocycles. The van der Waals surface area contributed by atoms with Crippen molar-refractivity contribution >= 4 is 17.7 Å². The van der Waals surface area contributed by atoms with Crippen molar-refractivity contribution in [1.29, 1.82) is 0 Å². The van der Waals surface area contributed by atoms with Gasteiger partial charge >= 0.3 is 11.9 Å². The van der Waals surface area contributed by atoms with Gasteiger partial charge in [0.2, 0.25) is 0 Å². The zero-order valence-corrected chi connectivity index (χ0v) is 24.0. The van der Waals surface area contributed by atoms with Gasteiger partial charge in [-0.1, -0.05) is 87.9 Å². The number of aliphatic imine (C=N–C) groups is 1. The summed E-state index contributed by atoms with van der Waals surface area (Å²) >= 11 is 0. The second-order valence-electron chi connectivity index (χ2n) is 11.1. The van der Waals surface area contributed by atoms with Crippen LogP contribution in [-0.4, -0.2) is 36.4 Å². The van der Waals surface area contributed by atoms with E-state index in [1.54, 1.807) is 25.3 Å². The summed E-state index contributed by atoms with van der Waals surface area (Å²) in [6, 6.07) is 22.0. The number of hydrogen-bond acceptors (Lipinski definition) is 6. The van der Waals surface area contributed by atoms with Gasteiger partial charge < -0.3 is 13.9 Å². The van der Waals surface area contributed by atoms with E-state index in [-0.39, 0.29) is 25.1 Å². The average Bonchev–Trinajstić information content (AvgIpc) is 3.48. The van der Waals surface area contributed by atoms with E-state index >= 15 is 0 Å². The molecule has 1 aliphatic rings. The van der Waals surface area contributed by atoms with E-state index in [1.165, 1.54) is 0 Å². The van der Waals surface area contributed by atoms with Gasteiger partial charge in [-0.3, -0.25) is 9.79 Å². The number of benzene rings is 2. The lowest BCUT2D eigenvalue weighted by atomic mass is 9.75. The van der Waals surface area contributed by atoms with Gasteiger partial charge in [0.15, 0.2) is 6.04 Å². The molecule has 5 atom stereocenters. The normalized spacial score (nSPS) is 20.4. The number of ether oxygens (including phenoxy) is 2. The Hall–Kier alpha value is -3.67. The molecular formula is C34H41NO5. The molecular weight excluding hydrogens is 502 g/mol. The number of carbonyl (C=O) groups is 2. The van der Waals surface area contributed by atoms with E-state index in [1.807, 2.05) is 60.7 Å². The molecule has 0 bridgehead atoms. The molecule has 212 valence electrons. The van der Waals surface area contributed by atoms with Crippen molar-refractivity contribution in [2.24, 2.45) is 22.7 Å². The Morgan fingerprint density at radius 1 is 0.950 bits per heavy atom. The third kappa shape index (κ3) is 7.50. The summed E-state index contributed by atoms with van der Waals surface area (Å²) < 4.78 is 17.4. The maximum absolute atomic E-state index is 13.5. The second kappa shape index (κ2) is 14.1. The van der Waals surface area contributed by atoms with Crippen LogP contribution in [0.15, 0.2) is 88.5 Å². The summed E-state index contributed by atoms with van der Waals surface area (Å²) in [5, 5.41) is 0. The third-order valence-electron chi connectivity index (χ3n) is 7.81. The lowest BCUT2D eigenvalue weighted by Gasteiger charge is -2.37. The van der Waals surface area contributed by atoms with Gasteiger partial charge in [0.1, 0.15) is 11.9 Å². The monoisotopic (exact) mass is 543 g/mol. The Labute approximate surface area is 237 Å². The maximum atomic E-state index is 13.5. The first-order chi connectivity index (χ1) is 19.4. The highest BCUT2D eigenvalue weighted by atomic mass is 16.5. The van der Waals surface area contributed by atoms with Crippen LogP contribution >= 0.6 is 0 Å². The summed E-state index contributed by atoms with van der Waals surface area (Å²) in [6.07, 6.45) is 4.41. The zero-order valence-electron chi connectivity index (χ0n) is 24.0. The van der Waals surface area contributed by atoms with Crippen LogP contribution in [0.1, 0.15) is 76.2 Å². The zero-order chi connectivity index (χ0) is 28.5. The lowest BCUT2D eigenvalue weighted by molar-refractivity contribution is -0.157. The predicted octanol–water partition coefficient (Wildman–Crippen LogP) is 7.23. The van der Waals surface area contributed by atoms with E-state index in [0.29, 0.717) is 29.2 Å². The van der Waals surface area contributed by atoms with Gasteiger partial charge in [-0.25, -0.2) is 4.79 Å². The van der Waals surface area contributed by atoms with Crippen LogP contribution in [-0.2, 0) is 19.1 Å². The first-order valence-corrected chi connectivity index (χ1v) is 14.5. The van der Waals surface area contributed by atoms with Crippen LogP contribution in [0.5, 0.6) is 0 Å². The highest BCUT2D eigenvalue weighted by Gasteiger charge is 2.38. The second-order valence-corrected chi connectivity index (χ2v) is 11.1. The molecule has 1 heterocycles. The van der Waals surface area contributed by atoms with Crippen molar-refractivity contribution in [2.45, 2.75) is 71.4 Å². The van der Waals surface area contributed by atoms with Crippen molar-refractivity contribution in [3.8, 4) is 0 Å². The van der Waals surface area contributed by atoms with E-state index in [9.17, 15) is 9.59 Å². The highest BCUT2D eigenvalue weighted by Crippen LogP contribution is 2.36. The van der Waals surface area contributed by atoms with E-state index in [2.05, 4.69) is 20.8 Å². The summed E-state index contributed by atoms with van der Waals surface area (Å²) in [6.45, 7) is 8.55. The smallest absolute Gasteiger partial charge is 0.331 e. The van der Waals surface area contributed by atoms with Crippen molar-refractivity contribution in [3.63, 3.8) is 0 Å².